The summed E-state index contributed by atoms with van der Waals surface area (Å²) >= 11 is 5.67. The molecule has 0 aromatic rings. The van der Waals surface area contributed by atoms with Crippen molar-refractivity contribution in [3.05, 3.63) is 0 Å². The summed E-state index contributed by atoms with van der Waals surface area (Å²) in [5, 5.41) is 3.01. The number of carbonyl (C=O) groups is 1. The Kier molecular flexibility index (Phi) is 8.73. The van der Waals surface area contributed by atoms with Gasteiger partial charge >= 0.3 is 0 Å². The molecule has 0 saturated carbocycles. The van der Waals surface area contributed by atoms with Crippen molar-refractivity contribution in [1.82, 2.24) is 5.32 Å². The fourth-order valence-corrected chi connectivity index (χ4v) is 1.73. The van der Waals surface area contributed by atoms with Crippen LogP contribution < -0.4 is 5.32 Å². The van der Waals surface area contributed by atoms with E-state index in [9.17, 15) is 4.79 Å². The van der Waals surface area contributed by atoms with Crippen LogP contribution in [0.3, 0.4) is 0 Å². The Bertz CT molecular complexity index is 192. The van der Waals surface area contributed by atoms with Crippen LogP contribution in [0, 0.1) is 5.41 Å². The minimum atomic E-state index is 0.162. The second-order valence-electron chi connectivity index (χ2n) is 5.19. The standard InChI is InChI=1S/C13H26ClNO/c1-4-5-6-8-12(16)15-11-13(2,3)9-7-10-14/h4-11H2,1-3H3,(H,15,16). The summed E-state index contributed by atoms with van der Waals surface area (Å²) in [6.45, 7) is 7.25. The highest BCUT2D eigenvalue weighted by Crippen LogP contribution is 2.21. The number of amides is 1. The van der Waals surface area contributed by atoms with E-state index in [1.165, 1.54) is 0 Å². The molecule has 0 spiro atoms. The van der Waals surface area contributed by atoms with Gasteiger partial charge in [0.15, 0.2) is 0 Å². The van der Waals surface area contributed by atoms with Crippen molar-refractivity contribution in [1.29, 1.82) is 0 Å². The maximum atomic E-state index is 11.5. The molecular weight excluding hydrogens is 222 g/mol. The van der Waals surface area contributed by atoms with Crippen LogP contribution in [0.25, 0.3) is 0 Å². The summed E-state index contributed by atoms with van der Waals surface area (Å²) in [7, 11) is 0. The number of nitrogens with one attached hydrogen (secondary N) is 1. The summed E-state index contributed by atoms with van der Waals surface area (Å²) < 4.78 is 0. The number of alkyl halides is 1. The van der Waals surface area contributed by atoms with Crippen molar-refractivity contribution in [2.75, 3.05) is 12.4 Å². The molecule has 0 aliphatic heterocycles. The summed E-state index contributed by atoms with van der Waals surface area (Å²) in [5.41, 5.74) is 0.162. The lowest BCUT2D eigenvalue weighted by atomic mass is 9.88. The van der Waals surface area contributed by atoms with Crippen molar-refractivity contribution < 1.29 is 4.79 Å². The fraction of sp³-hybridized carbons (Fsp3) is 0.923. The van der Waals surface area contributed by atoms with Crippen molar-refractivity contribution in [3.8, 4) is 0 Å². The molecule has 0 aromatic heterocycles. The van der Waals surface area contributed by atoms with Gasteiger partial charge in [-0.05, 0) is 24.7 Å². The van der Waals surface area contributed by atoms with E-state index >= 15 is 0 Å². The van der Waals surface area contributed by atoms with Crippen LogP contribution >= 0.6 is 11.6 Å². The van der Waals surface area contributed by atoms with Gasteiger partial charge in [-0.3, -0.25) is 4.79 Å². The Hall–Kier alpha value is -0.240. The molecule has 0 bridgehead atoms. The molecule has 0 unspecified atom stereocenters. The Morgan fingerprint density at radius 1 is 1.25 bits per heavy atom. The Labute approximate surface area is 105 Å². The number of unbranched alkanes of at least 4 members (excludes halogenated alkanes) is 2. The molecule has 1 amide bonds. The number of carbonyl (C=O) groups excluding carboxylic acids is 1. The molecule has 0 atom stereocenters. The lowest BCUT2D eigenvalue weighted by molar-refractivity contribution is -0.121. The maximum Gasteiger partial charge on any atom is 0.220 e. The van der Waals surface area contributed by atoms with E-state index in [0.29, 0.717) is 12.3 Å². The first-order chi connectivity index (χ1) is 7.52. The molecule has 2 nitrogen and oxygen atoms in total. The average molecular weight is 248 g/mol. The fourth-order valence-electron chi connectivity index (χ4n) is 1.60. The first kappa shape index (κ1) is 15.8. The third-order valence-electron chi connectivity index (χ3n) is 2.76. The molecule has 0 rings (SSSR count). The van der Waals surface area contributed by atoms with Gasteiger partial charge < -0.3 is 5.32 Å². The first-order valence-corrected chi connectivity index (χ1v) is 6.88. The molecule has 96 valence electrons. The molecule has 0 heterocycles. The van der Waals surface area contributed by atoms with E-state index in [2.05, 4.69) is 26.1 Å². The van der Waals surface area contributed by atoms with Crippen LogP contribution in [0.1, 0.15) is 59.3 Å². The van der Waals surface area contributed by atoms with E-state index < -0.39 is 0 Å². The van der Waals surface area contributed by atoms with Gasteiger partial charge in [-0.25, -0.2) is 0 Å². The molecule has 0 radical (unpaired) electrons. The lowest BCUT2D eigenvalue weighted by Gasteiger charge is -2.24. The molecule has 0 fully saturated rings. The predicted molar refractivity (Wildman–Crippen MR) is 70.9 cm³/mol. The van der Waals surface area contributed by atoms with Crippen LogP contribution in [0.2, 0.25) is 0 Å². The molecule has 0 aromatic carbocycles. The molecule has 1 N–H and O–H groups in total. The molecule has 16 heavy (non-hydrogen) atoms. The van der Waals surface area contributed by atoms with Gasteiger partial charge in [0.2, 0.25) is 5.91 Å². The summed E-state index contributed by atoms with van der Waals surface area (Å²) in [6.07, 6.45) is 6.05. The Morgan fingerprint density at radius 2 is 1.94 bits per heavy atom. The largest absolute Gasteiger partial charge is 0.356 e. The molecule has 0 aliphatic rings. The molecule has 0 saturated heterocycles. The van der Waals surface area contributed by atoms with E-state index in [-0.39, 0.29) is 11.3 Å². The number of halogens is 1. The second-order valence-corrected chi connectivity index (χ2v) is 5.57. The van der Waals surface area contributed by atoms with E-state index in [4.69, 9.17) is 11.6 Å². The van der Waals surface area contributed by atoms with Crippen molar-refractivity contribution in [2.45, 2.75) is 59.3 Å². The highest BCUT2D eigenvalue weighted by molar-refractivity contribution is 6.17. The van der Waals surface area contributed by atoms with E-state index in [1.54, 1.807) is 0 Å². The summed E-state index contributed by atoms with van der Waals surface area (Å²) in [4.78, 5) is 11.5. The first-order valence-electron chi connectivity index (χ1n) is 6.34. The van der Waals surface area contributed by atoms with Gasteiger partial charge in [0.05, 0.1) is 0 Å². The van der Waals surface area contributed by atoms with Gasteiger partial charge in [0.1, 0.15) is 0 Å². The Morgan fingerprint density at radius 3 is 2.50 bits per heavy atom. The van der Waals surface area contributed by atoms with Crippen LogP contribution in [-0.2, 0) is 4.79 Å². The topological polar surface area (TPSA) is 29.1 Å². The van der Waals surface area contributed by atoms with Crippen molar-refractivity contribution in [3.63, 3.8) is 0 Å². The van der Waals surface area contributed by atoms with Gasteiger partial charge in [-0.2, -0.15) is 0 Å². The van der Waals surface area contributed by atoms with Gasteiger partial charge in [0, 0.05) is 18.8 Å². The molecule has 3 heteroatoms. The van der Waals surface area contributed by atoms with Gasteiger partial charge in [-0.15, -0.1) is 11.6 Å². The van der Waals surface area contributed by atoms with Crippen molar-refractivity contribution in [2.24, 2.45) is 5.41 Å². The number of hydrogen-bond acceptors (Lipinski definition) is 1. The van der Waals surface area contributed by atoms with Crippen molar-refractivity contribution >= 4 is 17.5 Å². The quantitative estimate of drug-likeness (QED) is 0.488. The third kappa shape index (κ3) is 9.02. The highest BCUT2D eigenvalue weighted by Gasteiger charge is 2.17. The van der Waals surface area contributed by atoms with Crippen LogP contribution in [-0.4, -0.2) is 18.3 Å². The monoisotopic (exact) mass is 247 g/mol. The highest BCUT2D eigenvalue weighted by atomic mass is 35.5. The van der Waals surface area contributed by atoms with Gasteiger partial charge in [0.25, 0.3) is 0 Å². The minimum absolute atomic E-state index is 0.162. The third-order valence-corrected chi connectivity index (χ3v) is 3.03. The van der Waals surface area contributed by atoms with Gasteiger partial charge in [-0.1, -0.05) is 33.6 Å². The van der Waals surface area contributed by atoms with Crippen LogP contribution in [0.15, 0.2) is 0 Å². The predicted octanol–water partition coefficient (Wildman–Crippen LogP) is 3.73. The van der Waals surface area contributed by atoms with Crippen LogP contribution in [0.5, 0.6) is 0 Å². The zero-order chi connectivity index (χ0) is 12.4. The summed E-state index contributed by atoms with van der Waals surface area (Å²) in [5.74, 6) is 0.890. The smallest absolute Gasteiger partial charge is 0.220 e. The molecule has 0 aliphatic carbocycles. The summed E-state index contributed by atoms with van der Waals surface area (Å²) in [6, 6.07) is 0. The number of hydrogen-bond donors (Lipinski definition) is 1. The lowest BCUT2D eigenvalue weighted by Crippen LogP contribution is -2.33. The van der Waals surface area contributed by atoms with E-state index in [1.807, 2.05) is 0 Å². The SMILES string of the molecule is CCCCCC(=O)NCC(C)(C)CCCCl. The van der Waals surface area contributed by atoms with Crippen LogP contribution in [0.4, 0.5) is 0 Å². The molecular formula is C13H26ClNO. The zero-order valence-corrected chi connectivity index (χ0v) is 11.7. The minimum Gasteiger partial charge on any atom is -0.356 e. The Balaban J connectivity index is 3.64. The zero-order valence-electron chi connectivity index (χ0n) is 10.9. The number of rotatable bonds is 9. The van der Waals surface area contributed by atoms with E-state index in [0.717, 1.165) is 38.6 Å². The normalized spacial score (nSPS) is 11.5. The second kappa shape index (κ2) is 8.86. The average Bonchev–Trinajstić information content (AvgIpc) is 2.24. The maximum absolute atomic E-state index is 11.5.